The van der Waals surface area contributed by atoms with Crippen molar-refractivity contribution in [3.05, 3.63) is 64.7 Å². The van der Waals surface area contributed by atoms with Gasteiger partial charge < -0.3 is 20.6 Å². The summed E-state index contributed by atoms with van der Waals surface area (Å²) in [6.45, 7) is 10.1. The fourth-order valence-electron chi connectivity index (χ4n) is 4.86. The smallest absolute Gasteiger partial charge is 0.223 e. The third kappa shape index (κ3) is 7.58. The number of aliphatic hydroxyl groups excluding tert-OH is 1. The Hall–Kier alpha value is -2.84. The van der Waals surface area contributed by atoms with Gasteiger partial charge in [-0.05, 0) is 59.6 Å². The molecule has 0 saturated heterocycles. The predicted molar refractivity (Wildman–Crippen MR) is 137 cm³/mol. The highest BCUT2D eigenvalue weighted by molar-refractivity contribution is 5.93. The Balaban J connectivity index is 1.79. The Morgan fingerprint density at radius 1 is 1.08 bits per heavy atom. The van der Waals surface area contributed by atoms with E-state index in [9.17, 15) is 23.5 Å². The SMILES string of the molecule is CC(=O)N[C@@H](Cc1cc(F)cc(F)c1)[C@H](O)CN[C@H]1CCN(C(C)=O)c2ccc(CC(C)(C)C)cc21. The number of nitrogens with zero attached hydrogens (tertiary/aromatic N) is 1. The molecule has 196 valence electrons. The lowest BCUT2D eigenvalue weighted by atomic mass is 9.85. The van der Waals surface area contributed by atoms with Crippen molar-refractivity contribution in [2.24, 2.45) is 5.41 Å². The summed E-state index contributed by atoms with van der Waals surface area (Å²) in [6.07, 6.45) is 0.613. The van der Waals surface area contributed by atoms with Gasteiger partial charge in [0.2, 0.25) is 11.8 Å². The summed E-state index contributed by atoms with van der Waals surface area (Å²) in [5, 5.41) is 17.1. The minimum Gasteiger partial charge on any atom is -0.390 e. The second-order valence-corrected chi connectivity index (χ2v) is 10.9. The van der Waals surface area contributed by atoms with Crippen molar-refractivity contribution in [1.82, 2.24) is 10.6 Å². The van der Waals surface area contributed by atoms with Gasteiger partial charge in [0.05, 0.1) is 12.1 Å². The van der Waals surface area contributed by atoms with Crippen molar-refractivity contribution in [2.75, 3.05) is 18.0 Å². The van der Waals surface area contributed by atoms with E-state index in [2.05, 4.69) is 43.5 Å². The van der Waals surface area contributed by atoms with Crippen LogP contribution in [0.2, 0.25) is 0 Å². The summed E-state index contributed by atoms with van der Waals surface area (Å²) in [6, 6.07) is 8.51. The third-order valence-corrected chi connectivity index (χ3v) is 6.32. The summed E-state index contributed by atoms with van der Waals surface area (Å²) >= 11 is 0. The zero-order valence-electron chi connectivity index (χ0n) is 21.7. The maximum Gasteiger partial charge on any atom is 0.223 e. The molecule has 6 nitrogen and oxygen atoms in total. The van der Waals surface area contributed by atoms with E-state index >= 15 is 0 Å². The van der Waals surface area contributed by atoms with Crippen LogP contribution in [0.25, 0.3) is 0 Å². The number of carbonyl (C=O) groups is 2. The first-order chi connectivity index (χ1) is 16.8. The highest BCUT2D eigenvalue weighted by Gasteiger charge is 2.29. The largest absolute Gasteiger partial charge is 0.390 e. The Labute approximate surface area is 212 Å². The molecule has 0 fully saturated rings. The van der Waals surface area contributed by atoms with E-state index in [4.69, 9.17) is 0 Å². The fraction of sp³-hybridized carbons (Fsp3) is 0.500. The molecule has 0 aliphatic carbocycles. The summed E-state index contributed by atoms with van der Waals surface area (Å²) in [4.78, 5) is 25.8. The average Bonchev–Trinajstić information content (AvgIpc) is 2.74. The lowest BCUT2D eigenvalue weighted by Gasteiger charge is -2.36. The molecule has 1 heterocycles. The summed E-state index contributed by atoms with van der Waals surface area (Å²) in [7, 11) is 0. The van der Waals surface area contributed by atoms with Crippen LogP contribution in [0.5, 0.6) is 0 Å². The second-order valence-electron chi connectivity index (χ2n) is 10.9. The molecule has 2 aromatic carbocycles. The van der Waals surface area contributed by atoms with Crippen LogP contribution in [0.4, 0.5) is 14.5 Å². The molecule has 36 heavy (non-hydrogen) atoms. The maximum absolute atomic E-state index is 13.7. The standard InChI is InChI=1S/C28H37F2N3O3/c1-17(34)32-25(13-20-10-21(29)14-22(30)11-20)27(36)16-31-24-8-9-33(18(2)35)26-7-6-19(12-23(24)26)15-28(3,4)5/h6-7,10-12,14,24-25,27,31,36H,8-9,13,15-16H2,1-5H3,(H,32,34)/t24-,25-,27+/m0/s1. The van der Waals surface area contributed by atoms with Gasteiger partial charge in [0.25, 0.3) is 0 Å². The van der Waals surface area contributed by atoms with Gasteiger partial charge in [-0.1, -0.05) is 32.9 Å². The van der Waals surface area contributed by atoms with E-state index in [0.29, 0.717) is 18.5 Å². The van der Waals surface area contributed by atoms with Crippen molar-refractivity contribution in [1.29, 1.82) is 0 Å². The first kappa shape index (κ1) is 27.7. The van der Waals surface area contributed by atoms with Crippen LogP contribution in [0.1, 0.15) is 63.8 Å². The van der Waals surface area contributed by atoms with Crippen molar-refractivity contribution in [3.8, 4) is 0 Å². The number of aliphatic hydroxyl groups is 1. The fourth-order valence-corrected chi connectivity index (χ4v) is 4.86. The molecular formula is C28H37F2N3O3. The number of carbonyl (C=O) groups excluding carboxylic acids is 2. The minimum absolute atomic E-state index is 0.0219. The van der Waals surface area contributed by atoms with Gasteiger partial charge in [0.1, 0.15) is 11.6 Å². The first-order valence-electron chi connectivity index (χ1n) is 12.4. The highest BCUT2D eigenvalue weighted by Crippen LogP contribution is 2.36. The van der Waals surface area contributed by atoms with Crippen LogP contribution >= 0.6 is 0 Å². The molecule has 0 saturated carbocycles. The maximum atomic E-state index is 13.7. The number of hydrogen-bond acceptors (Lipinski definition) is 4. The van der Waals surface area contributed by atoms with Gasteiger partial charge in [-0.2, -0.15) is 0 Å². The van der Waals surface area contributed by atoms with E-state index in [1.165, 1.54) is 24.6 Å². The van der Waals surface area contributed by atoms with Gasteiger partial charge in [-0.3, -0.25) is 9.59 Å². The number of halogens is 2. The van der Waals surface area contributed by atoms with E-state index in [-0.39, 0.29) is 36.2 Å². The van der Waals surface area contributed by atoms with E-state index < -0.39 is 23.8 Å². The van der Waals surface area contributed by atoms with Gasteiger partial charge in [-0.15, -0.1) is 0 Å². The van der Waals surface area contributed by atoms with Crippen molar-refractivity contribution in [2.45, 2.75) is 72.1 Å². The molecule has 8 heteroatoms. The molecular weight excluding hydrogens is 464 g/mol. The molecule has 1 aliphatic rings. The van der Waals surface area contributed by atoms with Gasteiger partial charge in [-0.25, -0.2) is 8.78 Å². The monoisotopic (exact) mass is 501 g/mol. The normalized spacial score (nSPS) is 17.3. The Kier molecular flexibility index (Phi) is 8.84. The number of rotatable bonds is 8. The quantitative estimate of drug-likeness (QED) is 0.510. The lowest BCUT2D eigenvalue weighted by molar-refractivity contribution is -0.120. The topological polar surface area (TPSA) is 81.7 Å². The number of anilines is 1. The van der Waals surface area contributed by atoms with E-state index in [1.54, 1.807) is 11.8 Å². The Morgan fingerprint density at radius 2 is 1.75 bits per heavy atom. The molecule has 2 aromatic rings. The lowest BCUT2D eigenvalue weighted by Crippen LogP contribution is -2.49. The van der Waals surface area contributed by atoms with Crippen molar-refractivity contribution >= 4 is 17.5 Å². The van der Waals surface area contributed by atoms with E-state index in [1.807, 2.05) is 6.07 Å². The zero-order valence-corrected chi connectivity index (χ0v) is 21.7. The number of hydrogen-bond donors (Lipinski definition) is 3. The number of benzene rings is 2. The molecule has 0 unspecified atom stereocenters. The number of nitrogens with one attached hydrogen (secondary N) is 2. The van der Waals surface area contributed by atoms with Gasteiger partial charge in [0.15, 0.2) is 0 Å². The van der Waals surface area contributed by atoms with Crippen LogP contribution in [0.15, 0.2) is 36.4 Å². The molecule has 0 bridgehead atoms. The minimum atomic E-state index is -1.01. The predicted octanol–water partition coefficient (Wildman–Crippen LogP) is 4.05. The summed E-state index contributed by atoms with van der Waals surface area (Å²) in [5.41, 5.74) is 3.46. The summed E-state index contributed by atoms with van der Waals surface area (Å²) in [5.74, 6) is -1.78. The molecule has 0 spiro atoms. The zero-order chi connectivity index (χ0) is 26.6. The van der Waals surface area contributed by atoms with Crippen LogP contribution in [0, 0.1) is 17.0 Å². The number of amides is 2. The van der Waals surface area contributed by atoms with Gasteiger partial charge >= 0.3 is 0 Å². The molecule has 1 aliphatic heterocycles. The van der Waals surface area contributed by atoms with E-state index in [0.717, 1.165) is 23.7 Å². The molecule has 3 N–H and O–H groups in total. The van der Waals surface area contributed by atoms with Crippen LogP contribution in [-0.4, -0.2) is 42.2 Å². The molecule has 3 rings (SSSR count). The molecule has 2 amide bonds. The molecule has 0 aromatic heterocycles. The van der Waals surface area contributed by atoms with Crippen LogP contribution < -0.4 is 15.5 Å². The van der Waals surface area contributed by atoms with Gasteiger partial charge in [0, 0.05) is 44.7 Å². The first-order valence-corrected chi connectivity index (χ1v) is 12.4. The highest BCUT2D eigenvalue weighted by atomic mass is 19.1. The van der Waals surface area contributed by atoms with Crippen LogP contribution in [0.3, 0.4) is 0 Å². The Morgan fingerprint density at radius 3 is 2.33 bits per heavy atom. The number of fused-ring (bicyclic) bond motifs is 1. The Bertz CT molecular complexity index is 1080. The molecule has 0 radical (unpaired) electrons. The van der Waals surface area contributed by atoms with Crippen molar-refractivity contribution < 1.29 is 23.5 Å². The molecule has 3 atom stereocenters. The average molecular weight is 502 g/mol. The van der Waals surface area contributed by atoms with Crippen molar-refractivity contribution in [3.63, 3.8) is 0 Å². The summed E-state index contributed by atoms with van der Waals surface area (Å²) < 4.78 is 27.3. The third-order valence-electron chi connectivity index (χ3n) is 6.32. The second kappa shape index (κ2) is 11.5. The van der Waals surface area contributed by atoms with Crippen LogP contribution in [-0.2, 0) is 22.4 Å².